The zero-order chi connectivity index (χ0) is 14.3. The van der Waals surface area contributed by atoms with Gasteiger partial charge in [0.1, 0.15) is 18.8 Å². The maximum Gasteiger partial charge on any atom is 0.332 e. The van der Waals surface area contributed by atoms with Gasteiger partial charge in [0.25, 0.3) is 0 Å². The molecular formula is C13H18BrNO4. The number of hydrogen-bond acceptors (Lipinski definition) is 5. The maximum absolute atomic E-state index is 11.3. The van der Waals surface area contributed by atoms with Crippen LogP contribution in [-0.2, 0) is 14.3 Å². The van der Waals surface area contributed by atoms with Gasteiger partial charge in [0, 0.05) is 16.7 Å². The normalized spacial score (nSPS) is 11.2. The van der Waals surface area contributed by atoms with Crippen molar-refractivity contribution in [3.05, 3.63) is 22.8 Å². The van der Waals surface area contributed by atoms with Crippen molar-refractivity contribution in [1.29, 1.82) is 0 Å². The fourth-order valence-corrected chi connectivity index (χ4v) is 1.51. The molecule has 0 N–H and O–H groups in total. The fraction of sp³-hybridized carbons (Fsp3) is 0.538. The number of aromatic nitrogens is 1. The molecule has 0 aliphatic heterocycles. The minimum atomic E-state index is -0.489. The Morgan fingerprint density at radius 1 is 1.37 bits per heavy atom. The van der Waals surface area contributed by atoms with Crippen LogP contribution in [0.2, 0.25) is 0 Å². The van der Waals surface area contributed by atoms with Gasteiger partial charge in [-0.2, -0.15) is 0 Å². The van der Waals surface area contributed by atoms with Crippen LogP contribution < -0.4 is 4.74 Å². The summed E-state index contributed by atoms with van der Waals surface area (Å²) in [6.45, 7) is 5.99. The quantitative estimate of drug-likeness (QED) is 0.592. The molecule has 1 aromatic heterocycles. The smallest absolute Gasteiger partial charge is 0.332 e. The van der Waals surface area contributed by atoms with Gasteiger partial charge in [-0.05, 0) is 26.8 Å². The number of carbonyl (C=O) groups is 1. The van der Waals surface area contributed by atoms with Crippen LogP contribution in [-0.4, -0.2) is 36.4 Å². The number of ether oxygens (including phenoxy) is 3. The topological polar surface area (TPSA) is 57.7 Å². The molecule has 5 nitrogen and oxygen atoms in total. The van der Waals surface area contributed by atoms with Gasteiger partial charge in [-0.1, -0.05) is 15.9 Å². The van der Waals surface area contributed by atoms with Gasteiger partial charge in [0.15, 0.2) is 0 Å². The minimum Gasteiger partial charge on any atom is -0.475 e. The average Bonchev–Trinajstić information content (AvgIpc) is 2.26. The second kappa shape index (κ2) is 7.45. The third-order valence-corrected chi connectivity index (χ3v) is 2.31. The van der Waals surface area contributed by atoms with Crippen LogP contribution in [0.25, 0.3) is 0 Å². The van der Waals surface area contributed by atoms with Gasteiger partial charge in [0.2, 0.25) is 5.88 Å². The molecule has 0 radical (unpaired) electrons. The molecule has 0 aromatic carbocycles. The predicted octanol–water partition coefficient (Wildman–Crippen LogP) is 2.58. The third-order valence-electron chi connectivity index (χ3n) is 1.81. The zero-order valence-corrected chi connectivity index (χ0v) is 12.9. The van der Waals surface area contributed by atoms with Crippen molar-refractivity contribution in [2.45, 2.75) is 26.4 Å². The lowest BCUT2D eigenvalue weighted by Crippen LogP contribution is -2.27. The first-order valence-electron chi connectivity index (χ1n) is 5.91. The van der Waals surface area contributed by atoms with Crippen molar-refractivity contribution in [2.24, 2.45) is 0 Å². The molecule has 0 fully saturated rings. The van der Waals surface area contributed by atoms with Crippen LogP contribution >= 0.6 is 15.9 Å². The number of esters is 1. The van der Waals surface area contributed by atoms with Gasteiger partial charge in [-0.15, -0.1) is 0 Å². The van der Waals surface area contributed by atoms with E-state index in [4.69, 9.17) is 14.2 Å². The molecular weight excluding hydrogens is 314 g/mol. The molecule has 0 spiro atoms. The van der Waals surface area contributed by atoms with Crippen LogP contribution in [0.1, 0.15) is 20.8 Å². The monoisotopic (exact) mass is 331 g/mol. The second-order valence-corrected chi connectivity index (χ2v) is 5.72. The van der Waals surface area contributed by atoms with Gasteiger partial charge in [-0.3, -0.25) is 0 Å². The van der Waals surface area contributed by atoms with Crippen molar-refractivity contribution in [2.75, 3.05) is 19.8 Å². The van der Waals surface area contributed by atoms with Crippen molar-refractivity contribution < 1.29 is 19.0 Å². The molecule has 1 heterocycles. The fourth-order valence-electron chi connectivity index (χ4n) is 1.20. The molecule has 0 aliphatic carbocycles. The van der Waals surface area contributed by atoms with Crippen LogP contribution in [0.3, 0.4) is 0 Å². The highest BCUT2D eigenvalue weighted by Crippen LogP contribution is 2.14. The zero-order valence-electron chi connectivity index (χ0n) is 11.3. The number of pyridine rings is 1. The Morgan fingerprint density at radius 3 is 2.74 bits per heavy atom. The highest BCUT2D eigenvalue weighted by molar-refractivity contribution is 9.10. The van der Waals surface area contributed by atoms with Crippen LogP contribution in [0, 0.1) is 0 Å². The Labute approximate surface area is 121 Å². The van der Waals surface area contributed by atoms with E-state index in [1.165, 1.54) is 0 Å². The maximum atomic E-state index is 11.3. The molecule has 0 aliphatic rings. The number of carbonyl (C=O) groups excluding carboxylic acids is 1. The predicted molar refractivity (Wildman–Crippen MR) is 74.1 cm³/mol. The molecule has 6 heteroatoms. The molecule has 0 saturated carbocycles. The van der Waals surface area contributed by atoms with E-state index < -0.39 is 5.60 Å². The van der Waals surface area contributed by atoms with E-state index >= 15 is 0 Å². The summed E-state index contributed by atoms with van der Waals surface area (Å²) in [5, 5.41) is 0. The number of nitrogens with zero attached hydrogens (tertiary/aromatic N) is 1. The molecule has 19 heavy (non-hydrogen) atoms. The van der Waals surface area contributed by atoms with E-state index in [1.807, 2.05) is 26.8 Å². The first-order chi connectivity index (χ1) is 8.87. The molecule has 0 saturated heterocycles. The summed E-state index contributed by atoms with van der Waals surface area (Å²) >= 11 is 3.32. The van der Waals surface area contributed by atoms with E-state index in [9.17, 15) is 4.79 Å². The Bertz CT molecular complexity index is 417. The van der Waals surface area contributed by atoms with E-state index in [0.29, 0.717) is 19.1 Å². The molecule has 0 amide bonds. The lowest BCUT2D eigenvalue weighted by molar-refractivity contribution is -0.160. The summed E-state index contributed by atoms with van der Waals surface area (Å²) in [5.74, 6) is 0.128. The standard InChI is InChI=1S/C13H18BrNO4/c1-13(2,3)19-12(16)9-17-6-7-18-11-8-10(14)4-5-15-11/h4-5,8H,6-7,9H2,1-3H3. The molecule has 0 bridgehead atoms. The Hall–Kier alpha value is -1.14. The van der Waals surface area contributed by atoms with E-state index in [-0.39, 0.29) is 12.6 Å². The number of halogens is 1. The van der Waals surface area contributed by atoms with Gasteiger partial charge >= 0.3 is 5.97 Å². The molecule has 106 valence electrons. The number of rotatable bonds is 6. The van der Waals surface area contributed by atoms with Gasteiger partial charge in [-0.25, -0.2) is 9.78 Å². The first-order valence-corrected chi connectivity index (χ1v) is 6.70. The van der Waals surface area contributed by atoms with E-state index in [1.54, 1.807) is 12.3 Å². The number of hydrogen-bond donors (Lipinski definition) is 0. The Balaban J connectivity index is 2.13. The van der Waals surface area contributed by atoms with Crippen LogP contribution in [0.15, 0.2) is 22.8 Å². The highest BCUT2D eigenvalue weighted by Gasteiger charge is 2.15. The average molecular weight is 332 g/mol. The van der Waals surface area contributed by atoms with Crippen LogP contribution in [0.5, 0.6) is 5.88 Å². The van der Waals surface area contributed by atoms with Crippen molar-refractivity contribution in [3.63, 3.8) is 0 Å². The summed E-state index contributed by atoms with van der Waals surface area (Å²) < 4.78 is 16.5. The van der Waals surface area contributed by atoms with Crippen molar-refractivity contribution in [3.8, 4) is 5.88 Å². The largest absolute Gasteiger partial charge is 0.475 e. The summed E-state index contributed by atoms with van der Waals surface area (Å²) in [6.07, 6.45) is 1.64. The molecule has 1 rings (SSSR count). The second-order valence-electron chi connectivity index (χ2n) is 4.80. The Kier molecular flexibility index (Phi) is 6.24. The highest BCUT2D eigenvalue weighted by atomic mass is 79.9. The SMILES string of the molecule is CC(C)(C)OC(=O)COCCOc1cc(Br)ccn1. The molecule has 0 unspecified atom stereocenters. The van der Waals surface area contributed by atoms with Crippen LogP contribution in [0.4, 0.5) is 0 Å². The molecule has 1 aromatic rings. The van der Waals surface area contributed by atoms with E-state index in [2.05, 4.69) is 20.9 Å². The van der Waals surface area contributed by atoms with Gasteiger partial charge in [0.05, 0.1) is 6.61 Å². The van der Waals surface area contributed by atoms with Gasteiger partial charge < -0.3 is 14.2 Å². The summed E-state index contributed by atoms with van der Waals surface area (Å²) in [7, 11) is 0. The third kappa shape index (κ3) is 7.79. The first kappa shape index (κ1) is 15.9. The lowest BCUT2D eigenvalue weighted by atomic mass is 10.2. The lowest BCUT2D eigenvalue weighted by Gasteiger charge is -2.19. The summed E-state index contributed by atoms with van der Waals surface area (Å²) in [4.78, 5) is 15.4. The Morgan fingerprint density at radius 2 is 2.11 bits per heavy atom. The van der Waals surface area contributed by atoms with E-state index in [0.717, 1.165) is 4.47 Å². The van der Waals surface area contributed by atoms with Crippen molar-refractivity contribution >= 4 is 21.9 Å². The van der Waals surface area contributed by atoms with Crippen molar-refractivity contribution in [1.82, 2.24) is 4.98 Å². The summed E-state index contributed by atoms with van der Waals surface area (Å²) in [6, 6.07) is 3.57. The molecule has 0 atom stereocenters. The minimum absolute atomic E-state index is 0.0768. The summed E-state index contributed by atoms with van der Waals surface area (Å²) in [5.41, 5.74) is -0.489.